The largest absolute Gasteiger partial charge is 0.288 e. The fraction of sp³-hybridized carbons (Fsp3) is 0.0714. The molecule has 2 aromatic carbocycles. The summed E-state index contributed by atoms with van der Waals surface area (Å²) in [6, 6.07) is 7.50. The monoisotopic (exact) mass is 404 g/mol. The molecule has 0 saturated carbocycles. The summed E-state index contributed by atoms with van der Waals surface area (Å²) in [6.45, 7) is 1.91. The van der Waals surface area contributed by atoms with Crippen LogP contribution in [0.1, 0.15) is 21.5 Å². The normalized spacial score (nSPS) is 10.6. The number of hydrogen-bond donors (Lipinski definition) is 0. The molecule has 0 aliphatic carbocycles. The maximum absolute atomic E-state index is 13.8. The van der Waals surface area contributed by atoms with Crippen molar-refractivity contribution in [3.63, 3.8) is 0 Å². The minimum absolute atomic E-state index is 0.000790. The highest BCUT2D eigenvalue weighted by molar-refractivity contribution is 9.11. The van der Waals surface area contributed by atoms with E-state index in [1.165, 1.54) is 12.1 Å². The van der Waals surface area contributed by atoms with Gasteiger partial charge in [0.25, 0.3) is 0 Å². The fourth-order valence-electron chi connectivity index (χ4n) is 1.64. The Labute approximate surface area is 132 Å². The van der Waals surface area contributed by atoms with Gasteiger partial charge in [0.1, 0.15) is 5.82 Å². The van der Waals surface area contributed by atoms with Gasteiger partial charge in [0.15, 0.2) is 5.78 Å². The summed E-state index contributed by atoms with van der Waals surface area (Å²) in [7, 11) is 0. The molecule has 0 fully saturated rings. The highest BCUT2D eigenvalue weighted by Crippen LogP contribution is 2.28. The molecule has 0 N–H and O–H groups in total. The average molecular weight is 406 g/mol. The Kier molecular flexibility index (Phi) is 4.43. The number of ketones is 1. The second-order valence-corrected chi connectivity index (χ2v) is 6.18. The zero-order valence-electron chi connectivity index (χ0n) is 9.81. The highest BCUT2D eigenvalue weighted by Gasteiger charge is 2.18. The Morgan fingerprint density at radius 1 is 1.11 bits per heavy atom. The van der Waals surface area contributed by atoms with E-state index >= 15 is 0 Å². The quantitative estimate of drug-likeness (QED) is 0.598. The van der Waals surface area contributed by atoms with E-state index in [0.29, 0.717) is 10.0 Å². The number of rotatable bonds is 2. The van der Waals surface area contributed by atoms with E-state index in [2.05, 4.69) is 31.9 Å². The first-order valence-electron chi connectivity index (χ1n) is 5.35. The van der Waals surface area contributed by atoms with Gasteiger partial charge in [-0.1, -0.05) is 43.5 Å². The van der Waals surface area contributed by atoms with E-state index in [0.717, 1.165) is 16.1 Å². The smallest absolute Gasteiger partial charge is 0.197 e. The van der Waals surface area contributed by atoms with Crippen molar-refractivity contribution in [2.75, 3.05) is 0 Å². The third-order valence-corrected chi connectivity index (χ3v) is 4.41. The number of hydrogen-bond acceptors (Lipinski definition) is 1. The zero-order chi connectivity index (χ0) is 14.2. The number of aryl methyl sites for hydroxylation is 1. The van der Waals surface area contributed by atoms with E-state index in [1.54, 1.807) is 6.07 Å². The minimum Gasteiger partial charge on any atom is -0.288 e. The van der Waals surface area contributed by atoms with Gasteiger partial charge in [-0.05, 0) is 42.8 Å². The average Bonchev–Trinajstić information content (AvgIpc) is 2.33. The molecule has 98 valence electrons. The van der Waals surface area contributed by atoms with Crippen molar-refractivity contribution in [2.24, 2.45) is 0 Å². The van der Waals surface area contributed by atoms with Gasteiger partial charge in [-0.3, -0.25) is 4.79 Å². The fourth-order valence-corrected chi connectivity index (χ4v) is 2.78. The van der Waals surface area contributed by atoms with Crippen LogP contribution < -0.4 is 0 Å². The Bertz CT molecular complexity index is 671. The zero-order valence-corrected chi connectivity index (χ0v) is 13.7. The van der Waals surface area contributed by atoms with Gasteiger partial charge in [-0.15, -0.1) is 0 Å². The van der Waals surface area contributed by atoms with E-state index in [9.17, 15) is 9.18 Å². The molecular weight excluding hydrogens is 398 g/mol. The third-order valence-electron chi connectivity index (χ3n) is 2.67. The topological polar surface area (TPSA) is 17.1 Å². The molecule has 0 spiro atoms. The van der Waals surface area contributed by atoms with Crippen LogP contribution in [0.25, 0.3) is 0 Å². The van der Waals surface area contributed by atoms with Gasteiger partial charge >= 0.3 is 0 Å². The molecule has 0 unspecified atom stereocenters. The van der Waals surface area contributed by atoms with Crippen LogP contribution in [0.4, 0.5) is 4.39 Å². The van der Waals surface area contributed by atoms with Crippen molar-refractivity contribution in [1.82, 2.24) is 0 Å². The van der Waals surface area contributed by atoms with Crippen molar-refractivity contribution < 1.29 is 9.18 Å². The van der Waals surface area contributed by atoms with Crippen LogP contribution in [-0.4, -0.2) is 5.78 Å². The lowest BCUT2D eigenvalue weighted by Crippen LogP contribution is -2.05. The van der Waals surface area contributed by atoms with Crippen molar-refractivity contribution in [2.45, 2.75) is 6.92 Å². The van der Waals surface area contributed by atoms with Crippen LogP contribution in [0.5, 0.6) is 0 Å². The van der Waals surface area contributed by atoms with Gasteiger partial charge < -0.3 is 0 Å². The molecule has 0 saturated heterocycles. The second-order valence-electron chi connectivity index (χ2n) is 4.03. The van der Waals surface area contributed by atoms with Crippen molar-refractivity contribution in [1.29, 1.82) is 0 Å². The highest BCUT2D eigenvalue weighted by atomic mass is 79.9. The summed E-state index contributed by atoms with van der Waals surface area (Å²) in [6.07, 6.45) is 0. The van der Waals surface area contributed by atoms with Gasteiger partial charge in [0, 0.05) is 19.5 Å². The molecule has 0 bridgehead atoms. The number of benzene rings is 2. The molecule has 1 nitrogen and oxygen atoms in total. The maximum Gasteiger partial charge on any atom is 0.197 e. The summed E-state index contributed by atoms with van der Waals surface area (Å²) in [4.78, 5) is 12.3. The van der Waals surface area contributed by atoms with Gasteiger partial charge in [0.2, 0.25) is 0 Å². The Morgan fingerprint density at radius 2 is 1.79 bits per heavy atom. The van der Waals surface area contributed by atoms with E-state index < -0.39 is 5.82 Å². The Balaban J connectivity index is 2.53. The van der Waals surface area contributed by atoms with Crippen LogP contribution >= 0.6 is 43.5 Å². The predicted octanol–water partition coefficient (Wildman–Crippen LogP) is 5.54. The molecule has 0 atom stereocenters. The van der Waals surface area contributed by atoms with Crippen LogP contribution in [0.3, 0.4) is 0 Å². The summed E-state index contributed by atoms with van der Waals surface area (Å²) in [5, 5.41) is 0.262. The van der Waals surface area contributed by atoms with E-state index in [1.807, 2.05) is 13.0 Å². The van der Waals surface area contributed by atoms with Crippen molar-refractivity contribution in [3.8, 4) is 0 Å². The minimum atomic E-state index is -0.624. The molecule has 19 heavy (non-hydrogen) atoms. The first kappa shape index (κ1) is 14.7. The summed E-state index contributed by atoms with van der Waals surface area (Å²) in [5.74, 6) is -1.01. The SMILES string of the molecule is Cc1cc(Br)c(C(=O)c2ccc(Cl)cc2F)cc1Br. The molecule has 0 heterocycles. The number of carbonyl (C=O) groups excluding carboxylic acids is 1. The lowest BCUT2D eigenvalue weighted by atomic mass is 10.0. The van der Waals surface area contributed by atoms with Crippen LogP contribution in [0.2, 0.25) is 5.02 Å². The van der Waals surface area contributed by atoms with Crippen LogP contribution in [0, 0.1) is 12.7 Å². The summed E-state index contributed by atoms with van der Waals surface area (Å²) >= 11 is 12.4. The van der Waals surface area contributed by atoms with Gasteiger partial charge in [0.05, 0.1) is 5.56 Å². The van der Waals surface area contributed by atoms with E-state index in [-0.39, 0.29) is 16.4 Å². The van der Waals surface area contributed by atoms with Crippen LogP contribution in [0.15, 0.2) is 39.3 Å². The van der Waals surface area contributed by atoms with Crippen LogP contribution in [-0.2, 0) is 0 Å². The lowest BCUT2D eigenvalue weighted by Gasteiger charge is -2.08. The molecule has 0 aliphatic rings. The van der Waals surface area contributed by atoms with Gasteiger partial charge in [-0.25, -0.2) is 4.39 Å². The molecule has 0 aliphatic heterocycles. The first-order chi connectivity index (χ1) is 8.90. The predicted molar refractivity (Wildman–Crippen MR) is 81.4 cm³/mol. The molecule has 2 aromatic rings. The van der Waals surface area contributed by atoms with E-state index in [4.69, 9.17) is 11.6 Å². The summed E-state index contributed by atoms with van der Waals surface area (Å²) in [5.41, 5.74) is 1.39. The lowest BCUT2D eigenvalue weighted by molar-refractivity contribution is 0.103. The number of carbonyl (C=O) groups is 1. The van der Waals surface area contributed by atoms with Crippen molar-refractivity contribution >= 4 is 49.2 Å². The summed E-state index contributed by atoms with van der Waals surface area (Å²) < 4.78 is 15.2. The second kappa shape index (κ2) is 5.73. The van der Waals surface area contributed by atoms with Crippen molar-refractivity contribution in [3.05, 3.63) is 66.8 Å². The maximum atomic E-state index is 13.8. The first-order valence-corrected chi connectivity index (χ1v) is 7.32. The van der Waals surface area contributed by atoms with Gasteiger partial charge in [-0.2, -0.15) is 0 Å². The third kappa shape index (κ3) is 3.07. The molecule has 0 amide bonds. The Morgan fingerprint density at radius 3 is 2.42 bits per heavy atom. The molecular formula is C14H8Br2ClFO. The number of halogens is 4. The Hall–Kier alpha value is -0.710. The standard InChI is InChI=1S/C14H8Br2ClFO/c1-7-4-12(16)10(6-11(7)15)14(19)9-3-2-8(17)5-13(9)18/h2-6H,1H3. The molecule has 2 rings (SSSR count). The molecule has 5 heteroatoms. The molecule has 0 aromatic heterocycles. The molecule has 0 radical (unpaired) electrons.